The lowest BCUT2D eigenvalue weighted by Crippen LogP contribution is -2.29. The first kappa shape index (κ1) is 25.5. The van der Waals surface area contributed by atoms with Gasteiger partial charge in [0.25, 0.3) is 0 Å². The predicted octanol–water partition coefficient (Wildman–Crippen LogP) is 2.72. The molecule has 1 aromatic heterocycles. The molecule has 0 radical (unpaired) electrons. The molecule has 11 heteroatoms. The van der Waals surface area contributed by atoms with Gasteiger partial charge in [0.2, 0.25) is 17.7 Å². The van der Waals surface area contributed by atoms with Crippen LogP contribution in [0.5, 0.6) is 0 Å². The van der Waals surface area contributed by atoms with Gasteiger partial charge in [-0.15, -0.1) is 0 Å². The third kappa shape index (κ3) is 5.18. The van der Waals surface area contributed by atoms with Crippen LogP contribution in [0.3, 0.4) is 0 Å². The average Bonchev–Trinajstić information content (AvgIpc) is 3.38. The summed E-state index contributed by atoms with van der Waals surface area (Å²) in [7, 11) is 1.23. The number of methoxy groups -OCH3 is 1. The molecular weight excluding hydrogens is 460 g/mol. The van der Waals surface area contributed by atoms with Gasteiger partial charge in [-0.1, -0.05) is 12.1 Å². The van der Waals surface area contributed by atoms with Crippen molar-refractivity contribution in [1.29, 1.82) is 0 Å². The highest BCUT2D eigenvalue weighted by Gasteiger charge is 2.38. The minimum atomic E-state index is -0.862. The normalized spacial score (nSPS) is 15.0. The lowest BCUT2D eigenvalue weighted by molar-refractivity contribution is -0.122. The lowest BCUT2D eigenvalue weighted by atomic mass is 10.1. The topological polar surface area (TPSA) is 141 Å². The molecule has 0 bridgehead atoms. The second kappa shape index (κ2) is 10.9. The van der Waals surface area contributed by atoms with Crippen LogP contribution >= 0.6 is 0 Å². The molecule has 1 aromatic carbocycles. The predicted molar refractivity (Wildman–Crippen MR) is 122 cm³/mol. The molecule has 1 unspecified atom stereocenters. The van der Waals surface area contributed by atoms with Gasteiger partial charge in [-0.3, -0.25) is 14.9 Å². The summed E-state index contributed by atoms with van der Waals surface area (Å²) >= 11 is 0. The van der Waals surface area contributed by atoms with E-state index in [-0.39, 0.29) is 60.4 Å². The Morgan fingerprint density at radius 1 is 1.03 bits per heavy atom. The summed E-state index contributed by atoms with van der Waals surface area (Å²) < 4.78 is 20.3. The number of hydrogen-bond acceptors (Lipinski definition) is 9. The zero-order chi connectivity index (χ0) is 25.7. The number of esters is 3. The van der Waals surface area contributed by atoms with E-state index in [2.05, 4.69) is 5.32 Å². The smallest absolute Gasteiger partial charge is 0.344 e. The molecule has 1 atom stereocenters. The molecule has 1 N–H and O–H groups in total. The number of ether oxygens (including phenoxy) is 3. The third-order valence-electron chi connectivity index (χ3n) is 5.38. The lowest BCUT2D eigenvalue weighted by Gasteiger charge is -2.19. The van der Waals surface area contributed by atoms with E-state index in [1.807, 2.05) is 0 Å². The van der Waals surface area contributed by atoms with Gasteiger partial charge >= 0.3 is 17.9 Å². The molecule has 2 heterocycles. The van der Waals surface area contributed by atoms with E-state index >= 15 is 0 Å². The van der Waals surface area contributed by atoms with E-state index in [1.54, 1.807) is 32.0 Å². The van der Waals surface area contributed by atoms with Crippen molar-refractivity contribution in [3.05, 3.63) is 46.7 Å². The number of carbonyl (C=O) groups excluding carboxylic acids is 5. The van der Waals surface area contributed by atoms with Crippen molar-refractivity contribution >= 4 is 41.3 Å². The van der Waals surface area contributed by atoms with Gasteiger partial charge in [0.15, 0.2) is 0 Å². The van der Waals surface area contributed by atoms with Crippen molar-refractivity contribution in [2.75, 3.05) is 37.1 Å². The second-order valence-corrected chi connectivity index (χ2v) is 7.58. The molecule has 3 rings (SSSR count). The van der Waals surface area contributed by atoms with E-state index in [4.69, 9.17) is 18.6 Å². The summed E-state index contributed by atoms with van der Waals surface area (Å²) in [6.07, 6.45) is -0.138. The van der Waals surface area contributed by atoms with Crippen LogP contribution in [0.25, 0.3) is 0 Å². The zero-order valence-electron chi connectivity index (χ0n) is 19.8. The molecule has 35 heavy (non-hydrogen) atoms. The molecule has 0 aliphatic carbocycles. The van der Waals surface area contributed by atoms with Gasteiger partial charge in [-0.25, -0.2) is 14.4 Å². The van der Waals surface area contributed by atoms with Crippen LogP contribution < -0.4 is 10.2 Å². The highest BCUT2D eigenvalue weighted by atomic mass is 16.5. The Bertz CT molecular complexity index is 1170. The molecule has 186 valence electrons. The third-order valence-corrected chi connectivity index (χ3v) is 5.38. The van der Waals surface area contributed by atoms with E-state index in [9.17, 15) is 24.0 Å². The maximum Gasteiger partial charge on any atom is 0.344 e. The van der Waals surface area contributed by atoms with Crippen LogP contribution in [0.2, 0.25) is 0 Å². The van der Waals surface area contributed by atoms with Crippen LogP contribution in [0.15, 0.2) is 28.7 Å². The summed E-state index contributed by atoms with van der Waals surface area (Å²) in [5.74, 6) is -4.26. The molecule has 11 nitrogen and oxygen atoms in total. The number of rotatable bonds is 8. The standard InChI is InChI=1S/C24H26N2O9/c1-5-33-23(30)18-13(3)35-21(19(18)24(31)34-6-2)25-20(28)14-11-17(27)26(12-14)16-10-8-7-9-15(16)22(29)32-4/h7-10,14H,5-6,11-12H2,1-4H3,(H,25,28). The maximum absolute atomic E-state index is 13.1. The summed E-state index contributed by atoms with van der Waals surface area (Å²) in [5, 5.41) is 2.51. The molecule has 1 aliphatic heterocycles. The SMILES string of the molecule is CCOC(=O)c1c(C)oc(NC(=O)C2CC(=O)N(c3ccccc3C(=O)OC)C2)c1C(=O)OCC. The van der Waals surface area contributed by atoms with Gasteiger partial charge in [-0.05, 0) is 32.9 Å². The quantitative estimate of drug-likeness (QED) is 0.440. The number of anilines is 2. The number of nitrogens with zero attached hydrogens (tertiary/aromatic N) is 1. The number of para-hydroxylation sites is 1. The summed E-state index contributed by atoms with van der Waals surface area (Å²) in [5.41, 5.74) is 0.116. The van der Waals surface area contributed by atoms with E-state index < -0.39 is 29.7 Å². The van der Waals surface area contributed by atoms with Crippen molar-refractivity contribution in [1.82, 2.24) is 0 Å². The highest BCUT2D eigenvalue weighted by Crippen LogP contribution is 2.32. The van der Waals surface area contributed by atoms with Crippen LogP contribution in [0.1, 0.15) is 57.1 Å². The number of furan rings is 1. The van der Waals surface area contributed by atoms with E-state index in [1.165, 1.54) is 25.0 Å². The highest BCUT2D eigenvalue weighted by molar-refractivity contribution is 6.11. The number of nitrogens with one attached hydrogen (secondary N) is 1. The van der Waals surface area contributed by atoms with Gasteiger partial charge in [0.1, 0.15) is 16.9 Å². The molecule has 1 aliphatic rings. The Morgan fingerprint density at radius 2 is 1.66 bits per heavy atom. The largest absolute Gasteiger partial charge is 0.465 e. The van der Waals surface area contributed by atoms with Gasteiger partial charge in [0, 0.05) is 13.0 Å². The van der Waals surface area contributed by atoms with Crippen molar-refractivity contribution < 1.29 is 42.6 Å². The average molecular weight is 486 g/mol. The summed E-state index contributed by atoms with van der Waals surface area (Å²) in [4.78, 5) is 64.2. The van der Waals surface area contributed by atoms with Crippen LogP contribution in [-0.4, -0.2) is 56.6 Å². The Morgan fingerprint density at radius 3 is 2.29 bits per heavy atom. The maximum atomic E-state index is 13.1. The minimum absolute atomic E-state index is 0.0160. The minimum Gasteiger partial charge on any atom is -0.465 e. The summed E-state index contributed by atoms with van der Waals surface area (Å²) in [6, 6.07) is 6.41. The molecule has 2 amide bonds. The molecular formula is C24H26N2O9. The Kier molecular flexibility index (Phi) is 7.90. The molecule has 2 aromatic rings. The number of hydrogen-bond donors (Lipinski definition) is 1. The Balaban J connectivity index is 1.87. The van der Waals surface area contributed by atoms with E-state index in [0.29, 0.717) is 5.69 Å². The summed E-state index contributed by atoms with van der Waals surface area (Å²) in [6.45, 7) is 4.75. The molecule has 1 fully saturated rings. The van der Waals surface area contributed by atoms with Crippen LogP contribution in [0, 0.1) is 12.8 Å². The number of carbonyl (C=O) groups is 5. The first-order valence-electron chi connectivity index (χ1n) is 11.0. The number of benzene rings is 1. The monoisotopic (exact) mass is 486 g/mol. The first-order valence-corrected chi connectivity index (χ1v) is 11.0. The molecule has 0 saturated carbocycles. The van der Waals surface area contributed by atoms with Crippen molar-refractivity contribution in [3.8, 4) is 0 Å². The van der Waals surface area contributed by atoms with Crippen molar-refractivity contribution in [2.24, 2.45) is 5.92 Å². The zero-order valence-corrected chi connectivity index (χ0v) is 19.8. The fourth-order valence-corrected chi connectivity index (χ4v) is 3.80. The van der Waals surface area contributed by atoms with Gasteiger partial charge in [-0.2, -0.15) is 0 Å². The number of aryl methyl sites for hydroxylation is 1. The second-order valence-electron chi connectivity index (χ2n) is 7.58. The van der Waals surface area contributed by atoms with Crippen molar-refractivity contribution in [3.63, 3.8) is 0 Å². The number of amides is 2. The first-order chi connectivity index (χ1) is 16.7. The van der Waals surface area contributed by atoms with Gasteiger partial charge in [0.05, 0.1) is 37.5 Å². The van der Waals surface area contributed by atoms with Crippen LogP contribution in [0.4, 0.5) is 11.6 Å². The Labute approximate surface area is 201 Å². The van der Waals surface area contributed by atoms with Gasteiger partial charge < -0.3 is 23.5 Å². The van der Waals surface area contributed by atoms with Crippen LogP contribution in [-0.2, 0) is 23.8 Å². The van der Waals surface area contributed by atoms with Crippen molar-refractivity contribution in [2.45, 2.75) is 27.2 Å². The fraction of sp³-hybridized carbons (Fsp3) is 0.375. The fourth-order valence-electron chi connectivity index (χ4n) is 3.80. The molecule has 0 spiro atoms. The Hall–Kier alpha value is -4.15. The van der Waals surface area contributed by atoms with E-state index in [0.717, 1.165) is 0 Å². The molecule has 1 saturated heterocycles.